The van der Waals surface area contributed by atoms with Gasteiger partial charge in [-0.15, -0.1) is 0 Å². The summed E-state index contributed by atoms with van der Waals surface area (Å²) in [7, 11) is 0. The molecule has 0 aromatic carbocycles. The zero-order chi connectivity index (χ0) is 12.1. The maximum Gasteiger partial charge on any atom is 0.228 e. The Balaban J connectivity index is 1.84. The number of aryl methyl sites for hydroxylation is 1. The van der Waals surface area contributed by atoms with Gasteiger partial charge >= 0.3 is 0 Å². The second kappa shape index (κ2) is 5.03. The molecule has 0 saturated carbocycles. The normalized spacial score (nSPS) is 9.88. The van der Waals surface area contributed by atoms with E-state index in [1.165, 1.54) is 12.4 Å². The molecule has 7 heteroatoms. The molecule has 0 spiro atoms. The van der Waals surface area contributed by atoms with E-state index < -0.39 is 0 Å². The molecular formula is C10H10N6O. The van der Waals surface area contributed by atoms with Gasteiger partial charge in [0.25, 0.3) is 0 Å². The van der Waals surface area contributed by atoms with Crippen molar-refractivity contribution >= 4 is 5.82 Å². The van der Waals surface area contributed by atoms with Crippen LogP contribution >= 0.6 is 0 Å². The lowest BCUT2D eigenvalue weighted by Gasteiger charge is -2.01. The highest BCUT2D eigenvalue weighted by Crippen LogP contribution is 2.01. The van der Waals surface area contributed by atoms with Crippen molar-refractivity contribution in [1.29, 1.82) is 5.26 Å². The molecule has 0 bridgehead atoms. The van der Waals surface area contributed by atoms with Gasteiger partial charge in [0.05, 0.1) is 12.4 Å². The Kier molecular flexibility index (Phi) is 3.25. The molecule has 0 unspecified atom stereocenters. The van der Waals surface area contributed by atoms with Crippen LogP contribution in [0.3, 0.4) is 0 Å². The molecule has 0 atom stereocenters. The molecule has 7 nitrogen and oxygen atoms in total. The number of nitriles is 1. The molecule has 0 aliphatic heterocycles. The van der Waals surface area contributed by atoms with Crippen molar-refractivity contribution in [2.75, 3.05) is 11.9 Å². The zero-order valence-corrected chi connectivity index (χ0v) is 9.21. The molecule has 0 amide bonds. The van der Waals surface area contributed by atoms with Crippen LogP contribution in [0.4, 0.5) is 5.82 Å². The first kappa shape index (κ1) is 11.0. The Morgan fingerprint density at radius 1 is 1.41 bits per heavy atom. The zero-order valence-electron chi connectivity index (χ0n) is 9.21. The SMILES string of the molecule is Cc1noc(CCNc2cnc(C#N)cn2)n1. The van der Waals surface area contributed by atoms with Gasteiger partial charge in [0.2, 0.25) is 5.89 Å². The van der Waals surface area contributed by atoms with Crippen molar-refractivity contribution in [3.8, 4) is 6.07 Å². The maximum atomic E-state index is 8.56. The van der Waals surface area contributed by atoms with Gasteiger partial charge in [-0.05, 0) is 6.92 Å². The maximum absolute atomic E-state index is 8.56. The van der Waals surface area contributed by atoms with Crippen LogP contribution in [-0.4, -0.2) is 26.7 Å². The number of hydrogen-bond acceptors (Lipinski definition) is 7. The number of aromatic nitrogens is 4. The number of hydrogen-bond donors (Lipinski definition) is 1. The predicted molar refractivity (Wildman–Crippen MR) is 58.0 cm³/mol. The van der Waals surface area contributed by atoms with Crippen LogP contribution in [0.1, 0.15) is 17.4 Å². The van der Waals surface area contributed by atoms with Crippen molar-refractivity contribution in [1.82, 2.24) is 20.1 Å². The fourth-order valence-electron chi connectivity index (χ4n) is 1.22. The Bertz CT molecular complexity index is 526. The summed E-state index contributed by atoms with van der Waals surface area (Å²) in [5.74, 6) is 1.81. The molecule has 0 aliphatic carbocycles. The number of rotatable bonds is 4. The summed E-state index contributed by atoms with van der Waals surface area (Å²) in [6, 6.07) is 1.90. The molecule has 17 heavy (non-hydrogen) atoms. The van der Waals surface area contributed by atoms with Gasteiger partial charge < -0.3 is 9.84 Å². The highest BCUT2D eigenvalue weighted by atomic mass is 16.5. The summed E-state index contributed by atoms with van der Waals surface area (Å²) in [4.78, 5) is 12.0. The number of nitrogens with one attached hydrogen (secondary N) is 1. The first-order valence-electron chi connectivity index (χ1n) is 5.03. The van der Waals surface area contributed by atoms with Crippen LogP contribution in [-0.2, 0) is 6.42 Å². The summed E-state index contributed by atoms with van der Waals surface area (Å²) in [5.41, 5.74) is 0.295. The van der Waals surface area contributed by atoms with E-state index in [1.54, 1.807) is 6.92 Å². The summed E-state index contributed by atoms with van der Waals surface area (Å²) >= 11 is 0. The van der Waals surface area contributed by atoms with Crippen LogP contribution in [0, 0.1) is 18.3 Å². The van der Waals surface area contributed by atoms with Gasteiger partial charge in [-0.2, -0.15) is 10.2 Å². The average molecular weight is 230 g/mol. The summed E-state index contributed by atoms with van der Waals surface area (Å²) in [6.07, 6.45) is 3.54. The molecule has 0 radical (unpaired) electrons. The molecule has 86 valence electrons. The molecule has 2 aromatic heterocycles. The van der Waals surface area contributed by atoms with Gasteiger partial charge in [0.1, 0.15) is 11.9 Å². The van der Waals surface area contributed by atoms with Crippen molar-refractivity contribution in [3.05, 3.63) is 29.8 Å². The molecule has 0 saturated heterocycles. The third kappa shape index (κ3) is 2.98. The van der Waals surface area contributed by atoms with Crippen LogP contribution < -0.4 is 5.32 Å². The standard InChI is InChI=1S/C10H10N6O/c1-7-15-10(17-16-7)2-3-12-9-6-13-8(4-11)5-14-9/h5-6H,2-3H2,1H3,(H,12,14). The summed E-state index contributed by atoms with van der Waals surface area (Å²) < 4.78 is 4.96. The Morgan fingerprint density at radius 3 is 2.88 bits per heavy atom. The number of anilines is 1. The smallest absolute Gasteiger partial charge is 0.228 e. The van der Waals surface area contributed by atoms with E-state index in [1.807, 2.05) is 6.07 Å². The second-order valence-corrected chi connectivity index (χ2v) is 3.31. The molecule has 2 aromatic rings. The minimum atomic E-state index is 0.295. The van der Waals surface area contributed by atoms with Gasteiger partial charge in [-0.1, -0.05) is 5.16 Å². The van der Waals surface area contributed by atoms with Crippen molar-refractivity contribution in [3.63, 3.8) is 0 Å². The molecule has 0 aliphatic rings. The first-order valence-corrected chi connectivity index (χ1v) is 5.03. The van der Waals surface area contributed by atoms with E-state index in [0.29, 0.717) is 36.2 Å². The lowest BCUT2D eigenvalue weighted by atomic mass is 10.4. The van der Waals surface area contributed by atoms with Gasteiger partial charge in [-0.3, -0.25) is 0 Å². The van der Waals surface area contributed by atoms with Crippen LogP contribution in [0.5, 0.6) is 0 Å². The minimum Gasteiger partial charge on any atom is -0.368 e. The van der Waals surface area contributed by atoms with Crippen molar-refractivity contribution in [2.24, 2.45) is 0 Å². The fourth-order valence-corrected chi connectivity index (χ4v) is 1.22. The molecular weight excluding hydrogens is 220 g/mol. The van der Waals surface area contributed by atoms with E-state index in [4.69, 9.17) is 9.78 Å². The molecule has 2 rings (SSSR count). The molecule has 1 N–H and O–H groups in total. The summed E-state index contributed by atoms with van der Waals surface area (Å²) in [6.45, 7) is 2.38. The topological polar surface area (TPSA) is 101 Å². The lowest BCUT2D eigenvalue weighted by Crippen LogP contribution is -2.07. The lowest BCUT2D eigenvalue weighted by molar-refractivity contribution is 0.377. The Labute approximate surface area is 97.5 Å². The second-order valence-electron chi connectivity index (χ2n) is 3.31. The van der Waals surface area contributed by atoms with Crippen LogP contribution in [0.15, 0.2) is 16.9 Å². The molecule has 0 fully saturated rings. The van der Waals surface area contributed by atoms with E-state index in [2.05, 4.69) is 25.4 Å². The Hall–Kier alpha value is -2.49. The fraction of sp³-hybridized carbons (Fsp3) is 0.300. The van der Waals surface area contributed by atoms with Crippen LogP contribution in [0.2, 0.25) is 0 Å². The first-order chi connectivity index (χ1) is 8.28. The largest absolute Gasteiger partial charge is 0.368 e. The van der Waals surface area contributed by atoms with Gasteiger partial charge in [-0.25, -0.2) is 9.97 Å². The van der Waals surface area contributed by atoms with Crippen molar-refractivity contribution in [2.45, 2.75) is 13.3 Å². The Morgan fingerprint density at radius 2 is 2.29 bits per heavy atom. The van der Waals surface area contributed by atoms with Gasteiger partial charge in [0.15, 0.2) is 11.5 Å². The predicted octanol–water partition coefficient (Wildman–Crippen LogP) is 0.694. The highest BCUT2D eigenvalue weighted by Gasteiger charge is 2.02. The van der Waals surface area contributed by atoms with Gasteiger partial charge in [0, 0.05) is 13.0 Å². The van der Waals surface area contributed by atoms with Crippen LogP contribution in [0.25, 0.3) is 0 Å². The quantitative estimate of drug-likeness (QED) is 0.824. The van der Waals surface area contributed by atoms with E-state index >= 15 is 0 Å². The van der Waals surface area contributed by atoms with Crippen molar-refractivity contribution < 1.29 is 4.52 Å². The minimum absolute atomic E-state index is 0.295. The monoisotopic (exact) mass is 230 g/mol. The average Bonchev–Trinajstić information content (AvgIpc) is 2.76. The molecule has 2 heterocycles. The third-order valence-corrected chi connectivity index (χ3v) is 1.98. The highest BCUT2D eigenvalue weighted by molar-refractivity contribution is 5.32. The third-order valence-electron chi connectivity index (χ3n) is 1.98. The summed E-state index contributed by atoms with van der Waals surface area (Å²) in [5, 5.41) is 15.3. The van der Waals surface area contributed by atoms with E-state index in [0.717, 1.165) is 0 Å². The van der Waals surface area contributed by atoms with E-state index in [-0.39, 0.29) is 0 Å². The number of nitrogens with zero attached hydrogens (tertiary/aromatic N) is 5. The van der Waals surface area contributed by atoms with E-state index in [9.17, 15) is 0 Å².